The number of carbonyl (C=O) groups is 1. The molecule has 0 aliphatic carbocycles. The van der Waals surface area contributed by atoms with E-state index in [9.17, 15) is 14.9 Å². The molecule has 0 aromatic heterocycles. The number of anilines is 1. The summed E-state index contributed by atoms with van der Waals surface area (Å²) in [4.78, 5) is 21.2. The largest absolute Gasteiger partial charge is 0.379 e. The number of amides is 1. The van der Waals surface area contributed by atoms with Gasteiger partial charge in [0.15, 0.2) is 0 Å². The average molecular weight is 235 g/mol. The minimum absolute atomic E-state index is 0.117. The standard InChI is InChI=1S/C11H13N3O3/c1-2-3-6-13-9-5-4-8(11(12)15)7-10(9)14(16)17/h2,4-5,7,13H,1,3,6H2,(H2,12,15). The third kappa shape index (κ3) is 3.30. The molecular weight excluding hydrogens is 222 g/mol. The summed E-state index contributed by atoms with van der Waals surface area (Å²) in [5.41, 5.74) is 5.38. The summed E-state index contributed by atoms with van der Waals surface area (Å²) >= 11 is 0. The van der Waals surface area contributed by atoms with Crippen LogP contribution in [-0.2, 0) is 0 Å². The molecule has 0 bridgehead atoms. The highest BCUT2D eigenvalue weighted by molar-refractivity contribution is 5.94. The number of nitrogens with one attached hydrogen (secondary N) is 1. The maximum atomic E-state index is 10.9. The van der Waals surface area contributed by atoms with Crippen molar-refractivity contribution < 1.29 is 9.72 Å². The van der Waals surface area contributed by atoms with E-state index in [1.165, 1.54) is 18.2 Å². The minimum atomic E-state index is -0.689. The van der Waals surface area contributed by atoms with E-state index in [0.29, 0.717) is 18.7 Å². The second-order valence-corrected chi connectivity index (χ2v) is 3.36. The van der Waals surface area contributed by atoms with E-state index in [2.05, 4.69) is 11.9 Å². The van der Waals surface area contributed by atoms with Gasteiger partial charge in [0, 0.05) is 18.2 Å². The van der Waals surface area contributed by atoms with E-state index in [1.54, 1.807) is 6.08 Å². The number of rotatable bonds is 6. The van der Waals surface area contributed by atoms with Gasteiger partial charge in [-0.1, -0.05) is 6.08 Å². The molecule has 1 aromatic carbocycles. The van der Waals surface area contributed by atoms with Gasteiger partial charge in [-0.15, -0.1) is 6.58 Å². The van der Waals surface area contributed by atoms with Crippen molar-refractivity contribution in [1.82, 2.24) is 0 Å². The van der Waals surface area contributed by atoms with Crippen molar-refractivity contribution in [3.05, 3.63) is 46.5 Å². The zero-order chi connectivity index (χ0) is 12.8. The Morgan fingerprint density at radius 2 is 2.29 bits per heavy atom. The molecule has 1 amide bonds. The van der Waals surface area contributed by atoms with Crippen LogP contribution in [0.2, 0.25) is 0 Å². The SMILES string of the molecule is C=CCCNc1ccc(C(N)=O)cc1[N+](=O)[O-]. The Kier molecular flexibility index (Phi) is 4.21. The normalized spacial score (nSPS) is 9.65. The van der Waals surface area contributed by atoms with Crippen molar-refractivity contribution in [2.24, 2.45) is 5.73 Å². The number of nitrogens with two attached hydrogens (primary N) is 1. The van der Waals surface area contributed by atoms with Gasteiger partial charge >= 0.3 is 0 Å². The Bertz CT molecular complexity index is 457. The molecule has 0 radical (unpaired) electrons. The minimum Gasteiger partial charge on any atom is -0.379 e. The maximum absolute atomic E-state index is 10.9. The first-order valence-electron chi connectivity index (χ1n) is 4.99. The van der Waals surface area contributed by atoms with E-state index < -0.39 is 10.8 Å². The number of nitro groups is 1. The van der Waals surface area contributed by atoms with Crippen molar-refractivity contribution in [3.63, 3.8) is 0 Å². The Morgan fingerprint density at radius 1 is 1.59 bits per heavy atom. The maximum Gasteiger partial charge on any atom is 0.293 e. The first-order chi connectivity index (χ1) is 8.06. The Hall–Kier alpha value is -2.37. The summed E-state index contributed by atoms with van der Waals surface area (Å²) in [5.74, 6) is -0.689. The van der Waals surface area contributed by atoms with E-state index >= 15 is 0 Å². The number of hydrogen-bond donors (Lipinski definition) is 2. The third-order valence-electron chi connectivity index (χ3n) is 2.14. The van der Waals surface area contributed by atoms with Gasteiger partial charge in [-0.2, -0.15) is 0 Å². The molecule has 17 heavy (non-hydrogen) atoms. The molecule has 0 spiro atoms. The number of nitro benzene ring substituents is 1. The Labute approximate surface area is 98.3 Å². The smallest absolute Gasteiger partial charge is 0.293 e. The summed E-state index contributed by atoms with van der Waals surface area (Å²) in [6.07, 6.45) is 2.39. The molecule has 0 heterocycles. The molecular formula is C11H13N3O3. The fraction of sp³-hybridized carbons (Fsp3) is 0.182. The lowest BCUT2D eigenvalue weighted by Gasteiger charge is -2.06. The predicted molar refractivity (Wildman–Crippen MR) is 64.9 cm³/mol. The summed E-state index contributed by atoms with van der Waals surface area (Å²) in [6.45, 7) is 4.09. The quantitative estimate of drug-likeness (QED) is 0.339. The molecule has 1 aromatic rings. The van der Waals surface area contributed by atoms with Crippen molar-refractivity contribution in [2.75, 3.05) is 11.9 Å². The fourth-order valence-corrected chi connectivity index (χ4v) is 1.29. The summed E-state index contributed by atoms with van der Waals surface area (Å²) in [5, 5.41) is 13.7. The monoisotopic (exact) mass is 235 g/mol. The van der Waals surface area contributed by atoms with Crippen LogP contribution in [0.1, 0.15) is 16.8 Å². The zero-order valence-electron chi connectivity index (χ0n) is 9.18. The Morgan fingerprint density at radius 3 is 2.82 bits per heavy atom. The highest BCUT2D eigenvalue weighted by Crippen LogP contribution is 2.25. The van der Waals surface area contributed by atoms with Gasteiger partial charge in [0.25, 0.3) is 5.69 Å². The average Bonchev–Trinajstić information content (AvgIpc) is 2.29. The van der Waals surface area contributed by atoms with Crippen LogP contribution < -0.4 is 11.1 Å². The van der Waals surface area contributed by atoms with Crippen LogP contribution >= 0.6 is 0 Å². The second-order valence-electron chi connectivity index (χ2n) is 3.36. The summed E-state index contributed by atoms with van der Waals surface area (Å²) < 4.78 is 0. The summed E-state index contributed by atoms with van der Waals surface area (Å²) in [6, 6.07) is 4.09. The van der Waals surface area contributed by atoms with E-state index in [-0.39, 0.29) is 11.3 Å². The van der Waals surface area contributed by atoms with Crippen molar-refractivity contribution >= 4 is 17.3 Å². The molecule has 90 valence electrons. The van der Waals surface area contributed by atoms with Crippen LogP contribution in [0.4, 0.5) is 11.4 Å². The molecule has 0 fully saturated rings. The van der Waals surface area contributed by atoms with Gasteiger partial charge in [-0.25, -0.2) is 0 Å². The molecule has 3 N–H and O–H groups in total. The fourth-order valence-electron chi connectivity index (χ4n) is 1.29. The number of carbonyl (C=O) groups excluding carboxylic acids is 1. The highest BCUT2D eigenvalue weighted by atomic mass is 16.6. The number of nitrogens with zero attached hydrogens (tertiary/aromatic N) is 1. The van der Waals surface area contributed by atoms with Crippen molar-refractivity contribution in [3.8, 4) is 0 Å². The highest BCUT2D eigenvalue weighted by Gasteiger charge is 2.15. The summed E-state index contributed by atoms with van der Waals surface area (Å²) in [7, 11) is 0. The Balaban J connectivity index is 3.00. The lowest BCUT2D eigenvalue weighted by molar-refractivity contribution is -0.384. The van der Waals surface area contributed by atoms with Crippen LogP contribution in [-0.4, -0.2) is 17.4 Å². The predicted octanol–water partition coefficient (Wildman–Crippen LogP) is 1.68. The molecule has 0 unspecified atom stereocenters. The van der Waals surface area contributed by atoms with E-state index in [0.717, 1.165) is 0 Å². The number of primary amides is 1. The number of benzene rings is 1. The molecule has 0 atom stereocenters. The molecule has 6 nitrogen and oxygen atoms in total. The molecule has 0 saturated heterocycles. The third-order valence-corrected chi connectivity index (χ3v) is 2.14. The van der Waals surface area contributed by atoms with Gasteiger partial charge in [0.05, 0.1) is 4.92 Å². The van der Waals surface area contributed by atoms with E-state index in [1.807, 2.05) is 0 Å². The van der Waals surface area contributed by atoms with Crippen molar-refractivity contribution in [2.45, 2.75) is 6.42 Å². The zero-order valence-corrected chi connectivity index (χ0v) is 9.18. The van der Waals surface area contributed by atoms with Crippen LogP contribution in [0.25, 0.3) is 0 Å². The molecule has 1 rings (SSSR count). The topological polar surface area (TPSA) is 98.3 Å². The number of hydrogen-bond acceptors (Lipinski definition) is 4. The van der Waals surface area contributed by atoms with E-state index in [4.69, 9.17) is 5.73 Å². The molecule has 0 saturated carbocycles. The van der Waals surface area contributed by atoms with Gasteiger partial charge in [0.1, 0.15) is 5.69 Å². The lowest BCUT2D eigenvalue weighted by atomic mass is 10.1. The second kappa shape index (κ2) is 5.64. The van der Waals surface area contributed by atoms with Crippen LogP contribution in [0.3, 0.4) is 0 Å². The molecule has 6 heteroatoms. The van der Waals surface area contributed by atoms with Gasteiger partial charge in [-0.05, 0) is 18.6 Å². The van der Waals surface area contributed by atoms with Crippen LogP contribution in [0.15, 0.2) is 30.9 Å². The first-order valence-corrected chi connectivity index (χ1v) is 4.99. The van der Waals surface area contributed by atoms with Crippen molar-refractivity contribution in [1.29, 1.82) is 0 Å². The van der Waals surface area contributed by atoms with Gasteiger partial charge < -0.3 is 11.1 Å². The van der Waals surface area contributed by atoms with Crippen LogP contribution in [0.5, 0.6) is 0 Å². The first kappa shape index (κ1) is 12.7. The van der Waals surface area contributed by atoms with Gasteiger partial charge in [-0.3, -0.25) is 14.9 Å². The molecule has 0 aliphatic rings. The van der Waals surface area contributed by atoms with Crippen LogP contribution in [0, 0.1) is 10.1 Å². The lowest BCUT2D eigenvalue weighted by Crippen LogP contribution is -2.12. The van der Waals surface area contributed by atoms with Gasteiger partial charge in [0.2, 0.25) is 5.91 Å². The molecule has 0 aliphatic heterocycles.